The highest BCUT2D eigenvalue weighted by Gasteiger charge is 2.25. The molecular formula is C14H20N2O2S. The third-order valence-electron chi connectivity index (χ3n) is 3.43. The maximum atomic E-state index is 11.5. The van der Waals surface area contributed by atoms with Gasteiger partial charge in [0, 0.05) is 24.8 Å². The van der Waals surface area contributed by atoms with Crippen molar-refractivity contribution in [2.24, 2.45) is 0 Å². The topological polar surface area (TPSA) is 52.6 Å². The molecule has 1 aromatic rings. The van der Waals surface area contributed by atoms with Crippen LogP contribution in [0.5, 0.6) is 5.75 Å². The summed E-state index contributed by atoms with van der Waals surface area (Å²) in [6.07, 6.45) is 0.584. The number of nitrogens with one attached hydrogen (secondary N) is 1. The van der Waals surface area contributed by atoms with Crippen LogP contribution in [0.2, 0.25) is 0 Å². The van der Waals surface area contributed by atoms with Crippen LogP contribution in [0.4, 0.5) is 5.69 Å². The second kappa shape index (κ2) is 6.19. The molecule has 19 heavy (non-hydrogen) atoms. The molecule has 1 amide bonds. The molecule has 104 valence electrons. The van der Waals surface area contributed by atoms with Gasteiger partial charge in [-0.05, 0) is 31.9 Å². The quantitative estimate of drug-likeness (QED) is 0.866. The first kappa shape index (κ1) is 14.1. The van der Waals surface area contributed by atoms with Gasteiger partial charge in [0.15, 0.2) is 0 Å². The van der Waals surface area contributed by atoms with Gasteiger partial charge in [-0.15, -0.1) is 11.8 Å². The summed E-state index contributed by atoms with van der Waals surface area (Å²) in [7, 11) is 0. The summed E-state index contributed by atoms with van der Waals surface area (Å²) in [6, 6.07) is 5.73. The number of amides is 1. The molecule has 1 fully saturated rings. The number of phenolic OH excluding ortho intramolecular Hbond substituents is 1. The fraction of sp³-hybridized carbons (Fsp3) is 0.500. The van der Waals surface area contributed by atoms with Gasteiger partial charge in [-0.2, -0.15) is 0 Å². The molecule has 0 aliphatic carbocycles. The van der Waals surface area contributed by atoms with Gasteiger partial charge in [-0.25, -0.2) is 0 Å². The standard InChI is InChI=1S/C14H20N2O2S/c1-3-16(4-2)11-6-5-10(12(17)8-11)7-13-14(18)15-9-19-13/h5-6,8,13,17H,3-4,7,9H2,1-2H3,(H,15,18). The Morgan fingerprint density at radius 3 is 2.68 bits per heavy atom. The summed E-state index contributed by atoms with van der Waals surface area (Å²) in [5.74, 6) is 1.02. The number of anilines is 1. The molecule has 1 aromatic carbocycles. The molecule has 0 saturated carbocycles. The number of hydrogen-bond acceptors (Lipinski definition) is 4. The van der Waals surface area contributed by atoms with E-state index in [0.717, 1.165) is 24.3 Å². The van der Waals surface area contributed by atoms with Gasteiger partial charge in [-0.1, -0.05) is 6.07 Å². The Morgan fingerprint density at radius 1 is 1.42 bits per heavy atom. The molecule has 0 aromatic heterocycles. The average Bonchev–Trinajstić information content (AvgIpc) is 2.80. The highest BCUT2D eigenvalue weighted by atomic mass is 32.2. The minimum absolute atomic E-state index is 0.0669. The first-order valence-electron chi connectivity index (χ1n) is 6.61. The molecule has 1 aliphatic rings. The lowest BCUT2D eigenvalue weighted by Gasteiger charge is -2.22. The van der Waals surface area contributed by atoms with Crippen molar-refractivity contribution in [3.05, 3.63) is 23.8 Å². The normalized spacial score (nSPS) is 18.4. The lowest BCUT2D eigenvalue weighted by molar-refractivity contribution is -0.119. The largest absolute Gasteiger partial charge is 0.508 e. The van der Waals surface area contributed by atoms with Crippen molar-refractivity contribution in [3.63, 3.8) is 0 Å². The molecule has 1 heterocycles. The molecule has 5 heteroatoms. The number of aromatic hydroxyl groups is 1. The first-order chi connectivity index (χ1) is 9.15. The van der Waals surface area contributed by atoms with E-state index < -0.39 is 0 Å². The number of thioether (sulfide) groups is 1. The Morgan fingerprint density at radius 2 is 2.16 bits per heavy atom. The summed E-state index contributed by atoms with van der Waals surface area (Å²) in [5.41, 5.74) is 1.86. The van der Waals surface area contributed by atoms with E-state index in [1.807, 2.05) is 12.1 Å². The average molecular weight is 280 g/mol. The smallest absolute Gasteiger partial charge is 0.234 e. The zero-order valence-electron chi connectivity index (χ0n) is 11.3. The Hall–Kier alpha value is -1.36. The molecule has 1 aliphatic heterocycles. The van der Waals surface area contributed by atoms with Crippen molar-refractivity contribution in [3.8, 4) is 5.75 Å². The highest BCUT2D eigenvalue weighted by Crippen LogP contribution is 2.29. The van der Waals surface area contributed by atoms with Gasteiger partial charge < -0.3 is 15.3 Å². The maximum Gasteiger partial charge on any atom is 0.234 e. The third kappa shape index (κ3) is 3.15. The molecule has 1 unspecified atom stereocenters. The van der Waals surface area contributed by atoms with Crippen LogP contribution >= 0.6 is 11.8 Å². The van der Waals surface area contributed by atoms with Gasteiger partial charge in [0.05, 0.1) is 11.1 Å². The number of hydrogen-bond donors (Lipinski definition) is 2. The second-order valence-electron chi connectivity index (χ2n) is 4.53. The van der Waals surface area contributed by atoms with Crippen LogP contribution < -0.4 is 10.2 Å². The number of rotatable bonds is 5. The molecular weight excluding hydrogens is 260 g/mol. The van der Waals surface area contributed by atoms with E-state index in [1.54, 1.807) is 17.8 Å². The Kier molecular flexibility index (Phi) is 4.58. The van der Waals surface area contributed by atoms with E-state index in [2.05, 4.69) is 24.1 Å². The summed E-state index contributed by atoms with van der Waals surface area (Å²) < 4.78 is 0. The van der Waals surface area contributed by atoms with Crippen molar-refractivity contribution < 1.29 is 9.90 Å². The van der Waals surface area contributed by atoms with Crippen LogP contribution in [0.3, 0.4) is 0 Å². The lowest BCUT2D eigenvalue weighted by Crippen LogP contribution is -2.24. The number of phenols is 1. The SMILES string of the molecule is CCN(CC)c1ccc(CC2SCNC2=O)c(O)c1. The van der Waals surface area contributed by atoms with Crippen molar-refractivity contribution in [1.29, 1.82) is 0 Å². The van der Waals surface area contributed by atoms with Crippen LogP contribution in [-0.4, -0.2) is 35.2 Å². The summed E-state index contributed by atoms with van der Waals surface area (Å²) in [4.78, 5) is 13.7. The second-order valence-corrected chi connectivity index (χ2v) is 5.72. The van der Waals surface area contributed by atoms with Crippen LogP contribution in [0.1, 0.15) is 19.4 Å². The fourth-order valence-electron chi connectivity index (χ4n) is 2.26. The van der Waals surface area contributed by atoms with Gasteiger partial charge in [0.25, 0.3) is 0 Å². The van der Waals surface area contributed by atoms with E-state index in [9.17, 15) is 9.90 Å². The van der Waals surface area contributed by atoms with E-state index in [4.69, 9.17) is 0 Å². The van der Waals surface area contributed by atoms with E-state index >= 15 is 0 Å². The van der Waals surface area contributed by atoms with Gasteiger partial charge in [-0.3, -0.25) is 4.79 Å². The minimum Gasteiger partial charge on any atom is -0.508 e. The molecule has 2 N–H and O–H groups in total. The predicted octanol–water partition coefficient (Wildman–Crippen LogP) is 1.97. The first-order valence-corrected chi connectivity index (χ1v) is 7.66. The van der Waals surface area contributed by atoms with Crippen molar-refractivity contribution in [2.45, 2.75) is 25.5 Å². The number of nitrogens with zero attached hydrogens (tertiary/aromatic N) is 1. The number of carbonyl (C=O) groups is 1. The third-order valence-corrected chi connectivity index (χ3v) is 4.52. The zero-order chi connectivity index (χ0) is 13.8. The monoisotopic (exact) mass is 280 g/mol. The number of benzene rings is 1. The molecule has 1 atom stereocenters. The summed E-state index contributed by atoms with van der Waals surface area (Å²) in [6.45, 7) is 6.01. The molecule has 1 saturated heterocycles. The fourth-order valence-corrected chi connectivity index (χ4v) is 3.22. The number of carbonyl (C=O) groups excluding carboxylic acids is 1. The Bertz CT molecular complexity index is 461. The predicted molar refractivity (Wildman–Crippen MR) is 79.8 cm³/mol. The molecule has 0 spiro atoms. The molecule has 4 nitrogen and oxygen atoms in total. The van der Waals surface area contributed by atoms with E-state index in [1.165, 1.54) is 0 Å². The van der Waals surface area contributed by atoms with Gasteiger partial charge >= 0.3 is 0 Å². The van der Waals surface area contributed by atoms with Gasteiger partial charge in [0.2, 0.25) is 5.91 Å². The van der Waals surface area contributed by atoms with Gasteiger partial charge in [0.1, 0.15) is 5.75 Å². The minimum atomic E-state index is -0.0785. The van der Waals surface area contributed by atoms with Crippen molar-refractivity contribution in [1.82, 2.24) is 5.32 Å². The van der Waals surface area contributed by atoms with Crippen LogP contribution in [-0.2, 0) is 11.2 Å². The summed E-state index contributed by atoms with van der Waals surface area (Å²) >= 11 is 1.59. The summed E-state index contributed by atoms with van der Waals surface area (Å²) in [5, 5.41) is 12.8. The van der Waals surface area contributed by atoms with E-state index in [0.29, 0.717) is 12.3 Å². The zero-order valence-corrected chi connectivity index (χ0v) is 12.2. The van der Waals surface area contributed by atoms with E-state index in [-0.39, 0.29) is 16.9 Å². The Balaban J connectivity index is 2.12. The molecule has 0 radical (unpaired) electrons. The Labute approximate surface area is 118 Å². The van der Waals surface area contributed by atoms with Crippen LogP contribution in [0, 0.1) is 0 Å². The maximum absolute atomic E-state index is 11.5. The molecule has 0 bridgehead atoms. The molecule has 2 rings (SSSR count). The van der Waals surface area contributed by atoms with Crippen molar-refractivity contribution >= 4 is 23.4 Å². The highest BCUT2D eigenvalue weighted by molar-refractivity contribution is 8.01. The lowest BCUT2D eigenvalue weighted by atomic mass is 10.1. The van der Waals surface area contributed by atoms with Crippen LogP contribution in [0.15, 0.2) is 18.2 Å². The van der Waals surface area contributed by atoms with Crippen LogP contribution in [0.25, 0.3) is 0 Å². The van der Waals surface area contributed by atoms with Crippen molar-refractivity contribution in [2.75, 3.05) is 23.9 Å².